The largest absolute Gasteiger partial charge is 0.381 e. The third kappa shape index (κ3) is 3.30. The molecule has 0 radical (unpaired) electrons. The van der Waals surface area contributed by atoms with Gasteiger partial charge in [0.05, 0.1) is 12.2 Å². The van der Waals surface area contributed by atoms with Gasteiger partial charge in [-0.25, -0.2) is 0 Å². The topological polar surface area (TPSA) is 38.8 Å². The fourth-order valence-corrected chi connectivity index (χ4v) is 6.10. The molecule has 0 N–H and O–H groups in total. The van der Waals surface area contributed by atoms with Crippen LogP contribution in [0.5, 0.6) is 0 Å². The predicted octanol–water partition coefficient (Wildman–Crippen LogP) is 4.23. The molecule has 3 aliphatic rings. The first-order valence-corrected chi connectivity index (χ1v) is 11.3. The van der Waals surface area contributed by atoms with Gasteiger partial charge in [0.2, 0.25) is 5.91 Å². The molecule has 4 heterocycles. The summed E-state index contributed by atoms with van der Waals surface area (Å²) in [6.45, 7) is 3.82. The Morgan fingerprint density at radius 1 is 1.07 bits per heavy atom. The molecular formula is C23H27NO3S. The molecule has 1 aromatic carbocycles. The number of nitrogens with zero attached hydrogens (tertiary/aromatic N) is 1. The lowest BCUT2D eigenvalue weighted by atomic mass is 9.81. The van der Waals surface area contributed by atoms with E-state index in [1.807, 2.05) is 11.3 Å². The third-order valence-corrected chi connectivity index (χ3v) is 7.76. The molecule has 148 valence electrons. The summed E-state index contributed by atoms with van der Waals surface area (Å²) in [7, 11) is 0. The van der Waals surface area contributed by atoms with Crippen molar-refractivity contribution in [2.24, 2.45) is 5.92 Å². The van der Waals surface area contributed by atoms with Crippen LogP contribution in [-0.4, -0.2) is 43.7 Å². The Morgan fingerprint density at radius 2 is 1.82 bits per heavy atom. The van der Waals surface area contributed by atoms with Gasteiger partial charge in [0.25, 0.3) is 0 Å². The molecule has 1 aromatic heterocycles. The number of carbonyl (C=O) groups is 1. The first kappa shape index (κ1) is 18.3. The van der Waals surface area contributed by atoms with Crippen molar-refractivity contribution in [3.05, 3.63) is 46.8 Å². The van der Waals surface area contributed by atoms with Gasteiger partial charge in [0.1, 0.15) is 0 Å². The molecule has 0 aliphatic carbocycles. The first-order chi connectivity index (χ1) is 13.8. The van der Waals surface area contributed by atoms with Crippen LogP contribution in [0, 0.1) is 5.92 Å². The number of benzene rings is 1. The molecule has 0 unspecified atom stereocenters. The summed E-state index contributed by atoms with van der Waals surface area (Å²) in [4.78, 5) is 17.8. The summed E-state index contributed by atoms with van der Waals surface area (Å²) in [5, 5.41) is 0. The fraction of sp³-hybridized carbons (Fsp3) is 0.522. The predicted molar refractivity (Wildman–Crippen MR) is 110 cm³/mol. The van der Waals surface area contributed by atoms with Crippen LogP contribution < -0.4 is 0 Å². The van der Waals surface area contributed by atoms with Crippen molar-refractivity contribution in [2.75, 3.05) is 32.9 Å². The summed E-state index contributed by atoms with van der Waals surface area (Å²) in [6.07, 6.45) is 4.54. The minimum absolute atomic E-state index is 0.150. The van der Waals surface area contributed by atoms with E-state index < -0.39 is 0 Å². The zero-order valence-electron chi connectivity index (χ0n) is 16.2. The number of piperidine rings is 1. The molecule has 0 bridgehead atoms. The molecule has 5 heteroatoms. The van der Waals surface area contributed by atoms with E-state index in [1.54, 1.807) is 0 Å². The van der Waals surface area contributed by atoms with Crippen LogP contribution in [0.2, 0.25) is 0 Å². The monoisotopic (exact) mass is 397 g/mol. The Bertz CT molecular complexity index is 833. The molecule has 3 aliphatic heterocycles. The maximum absolute atomic E-state index is 12.9. The number of rotatable bonds is 2. The highest BCUT2D eigenvalue weighted by Crippen LogP contribution is 2.46. The molecule has 4 nitrogen and oxygen atoms in total. The van der Waals surface area contributed by atoms with Crippen LogP contribution in [0.15, 0.2) is 36.4 Å². The van der Waals surface area contributed by atoms with Gasteiger partial charge in [-0.2, -0.15) is 0 Å². The van der Waals surface area contributed by atoms with Crippen LogP contribution in [0.4, 0.5) is 0 Å². The van der Waals surface area contributed by atoms with Crippen molar-refractivity contribution in [2.45, 2.75) is 37.7 Å². The number of thiophene rings is 1. The van der Waals surface area contributed by atoms with Crippen LogP contribution in [0.25, 0.3) is 10.4 Å². The molecule has 5 rings (SSSR count). The summed E-state index contributed by atoms with van der Waals surface area (Å²) in [6, 6.07) is 13.0. The van der Waals surface area contributed by atoms with E-state index in [4.69, 9.17) is 9.47 Å². The van der Waals surface area contributed by atoms with Crippen molar-refractivity contribution in [3.63, 3.8) is 0 Å². The number of carbonyl (C=O) groups excluding carboxylic acids is 1. The van der Waals surface area contributed by atoms with Gasteiger partial charge >= 0.3 is 0 Å². The Balaban J connectivity index is 1.34. The van der Waals surface area contributed by atoms with E-state index in [2.05, 4.69) is 41.3 Å². The Hall–Kier alpha value is -1.69. The van der Waals surface area contributed by atoms with E-state index in [0.29, 0.717) is 5.91 Å². The summed E-state index contributed by atoms with van der Waals surface area (Å²) in [5.41, 5.74) is 2.45. The second kappa shape index (κ2) is 7.62. The molecule has 0 saturated carbocycles. The molecule has 1 amide bonds. The Morgan fingerprint density at radius 3 is 2.57 bits per heavy atom. The molecule has 1 spiro atoms. The fourth-order valence-electron chi connectivity index (χ4n) is 4.87. The van der Waals surface area contributed by atoms with Crippen molar-refractivity contribution < 1.29 is 14.3 Å². The average molecular weight is 398 g/mol. The Kier molecular flexibility index (Phi) is 4.99. The summed E-state index contributed by atoms with van der Waals surface area (Å²) >= 11 is 1.91. The zero-order valence-corrected chi connectivity index (χ0v) is 17.0. The number of likely N-dealkylation sites (tertiary alicyclic amines) is 1. The molecule has 2 saturated heterocycles. The van der Waals surface area contributed by atoms with E-state index in [0.717, 1.165) is 65.0 Å². The van der Waals surface area contributed by atoms with Crippen molar-refractivity contribution in [3.8, 4) is 10.4 Å². The minimum atomic E-state index is -0.205. The van der Waals surface area contributed by atoms with Crippen LogP contribution in [-0.2, 0) is 26.3 Å². The zero-order chi connectivity index (χ0) is 19.0. The van der Waals surface area contributed by atoms with E-state index in [9.17, 15) is 4.79 Å². The number of hydrogen-bond acceptors (Lipinski definition) is 4. The van der Waals surface area contributed by atoms with Crippen molar-refractivity contribution >= 4 is 17.2 Å². The van der Waals surface area contributed by atoms with E-state index in [-0.39, 0.29) is 11.5 Å². The van der Waals surface area contributed by atoms with Crippen LogP contribution >= 0.6 is 11.3 Å². The third-order valence-electron chi connectivity index (χ3n) is 6.52. The lowest BCUT2D eigenvalue weighted by Gasteiger charge is -2.44. The molecule has 28 heavy (non-hydrogen) atoms. The van der Waals surface area contributed by atoms with Gasteiger partial charge in [0, 0.05) is 48.4 Å². The SMILES string of the molecule is O=C(C1CCOCC1)N1CCC2(CC1)OCCc1sc(-c3ccccc3)cc12. The lowest BCUT2D eigenvalue weighted by molar-refractivity contribution is -0.147. The lowest BCUT2D eigenvalue weighted by Crippen LogP contribution is -2.49. The summed E-state index contributed by atoms with van der Waals surface area (Å²) in [5.74, 6) is 0.473. The molecule has 0 atom stereocenters. The first-order valence-electron chi connectivity index (χ1n) is 10.4. The van der Waals surface area contributed by atoms with Crippen LogP contribution in [0.3, 0.4) is 0 Å². The average Bonchev–Trinajstić information content (AvgIpc) is 3.21. The van der Waals surface area contributed by atoms with E-state index in [1.165, 1.54) is 20.9 Å². The highest BCUT2D eigenvalue weighted by molar-refractivity contribution is 7.15. The number of ether oxygens (including phenoxy) is 2. The van der Waals surface area contributed by atoms with Gasteiger partial charge in [-0.1, -0.05) is 30.3 Å². The molecule has 2 aromatic rings. The highest BCUT2D eigenvalue weighted by atomic mass is 32.1. The molecule has 2 fully saturated rings. The second-order valence-corrected chi connectivity index (χ2v) is 9.25. The van der Waals surface area contributed by atoms with Gasteiger partial charge in [-0.3, -0.25) is 4.79 Å². The Labute approximate surface area is 170 Å². The number of fused-ring (bicyclic) bond motifs is 2. The van der Waals surface area contributed by atoms with Gasteiger partial charge in [-0.15, -0.1) is 11.3 Å². The van der Waals surface area contributed by atoms with Gasteiger partial charge in [-0.05, 0) is 42.9 Å². The maximum atomic E-state index is 12.9. The van der Waals surface area contributed by atoms with Crippen molar-refractivity contribution in [1.82, 2.24) is 4.90 Å². The van der Waals surface area contributed by atoms with Gasteiger partial charge in [0.15, 0.2) is 0 Å². The normalized spacial score (nSPS) is 22.2. The maximum Gasteiger partial charge on any atom is 0.225 e. The minimum Gasteiger partial charge on any atom is -0.381 e. The standard InChI is InChI=1S/C23H27NO3S/c25-22(18-6-13-26-14-7-18)24-11-9-23(10-12-24)19-16-21(17-4-2-1-3-5-17)28-20(19)8-15-27-23/h1-5,16,18H,6-15H2. The van der Waals surface area contributed by atoms with E-state index >= 15 is 0 Å². The summed E-state index contributed by atoms with van der Waals surface area (Å²) < 4.78 is 11.8. The number of amides is 1. The van der Waals surface area contributed by atoms with Crippen LogP contribution in [0.1, 0.15) is 36.1 Å². The van der Waals surface area contributed by atoms with Crippen molar-refractivity contribution in [1.29, 1.82) is 0 Å². The number of hydrogen-bond donors (Lipinski definition) is 0. The second-order valence-electron chi connectivity index (χ2n) is 8.12. The smallest absolute Gasteiger partial charge is 0.225 e. The highest BCUT2D eigenvalue weighted by Gasteiger charge is 2.43. The van der Waals surface area contributed by atoms with Gasteiger partial charge < -0.3 is 14.4 Å². The molecular weight excluding hydrogens is 370 g/mol. The quantitative estimate of drug-likeness (QED) is 0.761.